The molecule has 0 saturated heterocycles. The standard InChI is InChI=1S/C23H26N2O6/c1-22(2,3)31-21(29)25-23(13-24,19(26)27)20(28)30-12-18-16-10-6-4-8-14(16)15-9-5-7-11-17(15)18/h4-11,18H,12-13,24H2,1-3H3,(H,25,29)(H,26,27)/t23-/m0/s1. The molecule has 2 aromatic rings. The maximum Gasteiger partial charge on any atom is 0.409 e. The molecule has 0 spiro atoms. The topological polar surface area (TPSA) is 128 Å². The number of hydrogen-bond acceptors (Lipinski definition) is 6. The minimum absolute atomic E-state index is 0.0993. The van der Waals surface area contributed by atoms with Gasteiger partial charge in [-0.1, -0.05) is 48.5 Å². The van der Waals surface area contributed by atoms with Gasteiger partial charge in [0.15, 0.2) is 0 Å². The Kier molecular flexibility index (Phi) is 6.03. The predicted molar refractivity (Wildman–Crippen MR) is 113 cm³/mol. The van der Waals surface area contributed by atoms with Gasteiger partial charge < -0.3 is 20.3 Å². The highest BCUT2D eigenvalue weighted by Crippen LogP contribution is 2.44. The number of aliphatic carboxylic acids is 1. The summed E-state index contributed by atoms with van der Waals surface area (Å²) in [5, 5.41) is 11.8. The van der Waals surface area contributed by atoms with Crippen molar-refractivity contribution >= 4 is 18.0 Å². The van der Waals surface area contributed by atoms with Crippen LogP contribution in [0.5, 0.6) is 0 Å². The normalized spacial score (nSPS) is 14.7. The molecule has 2 aromatic carbocycles. The summed E-state index contributed by atoms with van der Waals surface area (Å²) in [6, 6.07) is 15.5. The van der Waals surface area contributed by atoms with Crippen LogP contribution in [0.2, 0.25) is 0 Å². The summed E-state index contributed by atoms with van der Waals surface area (Å²) < 4.78 is 10.5. The monoisotopic (exact) mass is 426 g/mol. The average Bonchev–Trinajstić information content (AvgIpc) is 3.02. The first kappa shape index (κ1) is 22.3. The Bertz CT molecular complexity index is 968. The molecule has 31 heavy (non-hydrogen) atoms. The Labute approximate surface area is 180 Å². The van der Waals surface area contributed by atoms with E-state index in [1.807, 2.05) is 48.5 Å². The van der Waals surface area contributed by atoms with Crippen LogP contribution in [0.4, 0.5) is 4.79 Å². The van der Waals surface area contributed by atoms with E-state index in [2.05, 4.69) is 5.32 Å². The van der Waals surface area contributed by atoms with Crippen molar-refractivity contribution in [1.29, 1.82) is 0 Å². The number of carbonyl (C=O) groups is 3. The fourth-order valence-electron chi connectivity index (χ4n) is 3.61. The third kappa shape index (κ3) is 4.39. The molecule has 3 rings (SSSR count). The van der Waals surface area contributed by atoms with Crippen LogP contribution in [0.3, 0.4) is 0 Å². The predicted octanol–water partition coefficient (Wildman–Crippen LogP) is 2.65. The van der Waals surface area contributed by atoms with E-state index in [9.17, 15) is 19.5 Å². The second-order valence-electron chi connectivity index (χ2n) is 8.37. The van der Waals surface area contributed by atoms with Gasteiger partial charge in [-0.15, -0.1) is 0 Å². The van der Waals surface area contributed by atoms with Gasteiger partial charge in [-0.25, -0.2) is 14.4 Å². The van der Waals surface area contributed by atoms with Crippen LogP contribution >= 0.6 is 0 Å². The van der Waals surface area contributed by atoms with Gasteiger partial charge in [0.25, 0.3) is 5.54 Å². The molecule has 0 heterocycles. The molecule has 0 fully saturated rings. The van der Waals surface area contributed by atoms with E-state index >= 15 is 0 Å². The van der Waals surface area contributed by atoms with Crippen LogP contribution in [0.1, 0.15) is 37.8 Å². The highest BCUT2D eigenvalue weighted by Gasteiger charge is 2.49. The number of rotatable bonds is 6. The molecule has 0 radical (unpaired) electrons. The van der Waals surface area contributed by atoms with Crippen molar-refractivity contribution in [3.8, 4) is 11.1 Å². The lowest BCUT2D eigenvalue weighted by molar-refractivity contribution is -0.162. The SMILES string of the molecule is CC(C)(C)OC(=O)N[C@@](CN)(C(=O)O)C(=O)OCC1c2ccccc2-c2ccccc21. The van der Waals surface area contributed by atoms with Gasteiger partial charge in [-0.3, -0.25) is 5.32 Å². The Morgan fingerprint density at radius 2 is 1.52 bits per heavy atom. The summed E-state index contributed by atoms with van der Waals surface area (Å²) in [7, 11) is 0. The minimum atomic E-state index is -2.46. The zero-order valence-corrected chi connectivity index (χ0v) is 17.7. The van der Waals surface area contributed by atoms with E-state index in [0.717, 1.165) is 22.3 Å². The fraction of sp³-hybridized carbons (Fsp3) is 0.348. The van der Waals surface area contributed by atoms with Crippen molar-refractivity contribution < 1.29 is 29.0 Å². The van der Waals surface area contributed by atoms with Gasteiger partial charge in [0, 0.05) is 12.5 Å². The van der Waals surface area contributed by atoms with Gasteiger partial charge in [-0.2, -0.15) is 0 Å². The second kappa shape index (κ2) is 8.39. The Morgan fingerprint density at radius 3 is 1.97 bits per heavy atom. The number of nitrogens with two attached hydrogens (primary N) is 1. The zero-order valence-electron chi connectivity index (χ0n) is 17.7. The Balaban J connectivity index is 1.82. The summed E-state index contributed by atoms with van der Waals surface area (Å²) in [6.07, 6.45) is -1.08. The molecule has 8 heteroatoms. The van der Waals surface area contributed by atoms with E-state index in [1.165, 1.54) is 0 Å². The van der Waals surface area contributed by atoms with E-state index in [0.29, 0.717) is 0 Å². The first-order chi connectivity index (χ1) is 14.6. The van der Waals surface area contributed by atoms with Crippen molar-refractivity contribution in [2.75, 3.05) is 13.2 Å². The lowest BCUT2D eigenvalue weighted by Crippen LogP contribution is -2.65. The molecule has 0 bridgehead atoms. The number of nitrogens with one attached hydrogen (secondary N) is 1. The lowest BCUT2D eigenvalue weighted by Gasteiger charge is -2.29. The number of carbonyl (C=O) groups excluding carboxylic acids is 2. The maximum atomic E-state index is 12.9. The van der Waals surface area contributed by atoms with Crippen LogP contribution in [0, 0.1) is 0 Å². The van der Waals surface area contributed by atoms with Gasteiger partial charge >= 0.3 is 18.0 Å². The number of carboxylic acid groups (broad SMARTS) is 1. The molecule has 1 aliphatic rings. The number of hydrogen-bond donors (Lipinski definition) is 3. The molecule has 0 aromatic heterocycles. The summed E-state index contributed by atoms with van der Waals surface area (Å²) >= 11 is 0. The van der Waals surface area contributed by atoms with Crippen LogP contribution in [0.15, 0.2) is 48.5 Å². The number of benzene rings is 2. The van der Waals surface area contributed by atoms with Crippen molar-refractivity contribution in [2.45, 2.75) is 37.8 Å². The lowest BCUT2D eigenvalue weighted by atomic mass is 9.97. The number of ether oxygens (including phenoxy) is 2. The summed E-state index contributed by atoms with van der Waals surface area (Å²) in [5.74, 6) is -3.05. The largest absolute Gasteiger partial charge is 0.479 e. The highest BCUT2D eigenvalue weighted by atomic mass is 16.6. The molecule has 4 N–H and O–H groups in total. The molecule has 0 saturated carbocycles. The Hall–Kier alpha value is -3.39. The van der Waals surface area contributed by atoms with Gasteiger partial charge in [0.1, 0.15) is 12.2 Å². The second-order valence-corrected chi connectivity index (χ2v) is 8.37. The molecule has 0 unspecified atom stereocenters. The van der Waals surface area contributed by atoms with Crippen molar-refractivity contribution in [3.63, 3.8) is 0 Å². The summed E-state index contributed by atoms with van der Waals surface area (Å²) in [6.45, 7) is 4.05. The molecule has 164 valence electrons. The maximum absolute atomic E-state index is 12.9. The van der Waals surface area contributed by atoms with Crippen LogP contribution in [-0.4, -0.2) is 47.4 Å². The third-order valence-electron chi connectivity index (χ3n) is 5.08. The van der Waals surface area contributed by atoms with Crippen LogP contribution in [-0.2, 0) is 19.1 Å². The zero-order chi connectivity index (χ0) is 22.8. The molecular formula is C23H26N2O6. The summed E-state index contributed by atoms with van der Waals surface area (Å²) in [4.78, 5) is 37.0. The van der Waals surface area contributed by atoms with E-state index < -0.39 is 35.7 Å². The quantitative estimate of drug-likeness (QED) is 0.478. The smallest absolute Gasteiger partial charge is 0.409 e. The van der Waals surface area contributed by atoms with Crippen molar-refractivity contribution in [3.05, 3.63) is 59.7 Å². The highest BCUT2D eigenvalue weighted by molar-refractivity contribution is 6.07. The van der Waals surface area contributed by atoms with E-state index in [1.54, 1.807) is 20.8 Å². The third-order valence-corrected chi connectivity index (χ3v) is 5.08. The molecular weight excluding hydrogens is 400 g/mol. The first-order valence-corrected chi connectivity index (χ1v) is 9.89. The molecule has 1 atom stereocenters. The average molecular weight is 426 g/mol. The van der Waals surface area contributed by atoms with Gasteiger partial charge in [-0.05, 0) is 43.0 Å². The number of carboxylic acids is 1. The fourth-order valence-corrected chi connectivity index (χ4v) is 3.61. The molecule has 1 amide bonds. The summed E-state index contributed by atoms with van der Waals surface area (Å²) in [5.41, 5.74) is 6.29. The van der Waals surface area contributed by atoms with Gasteiger partial charge in [0.2, 0.25) is 0 Å². The number of alkyl carbamates (subject to hydrolysis) is 1. The molecule has 1 aliphatic carbocycles. The van der Waals surface area contributed by atoms with Gasteiger partial charge in [0.05, 0.1) is 0 Å². The molecule has 0 aliphatic heterocycles. The first-order valence-electron chi connectivity index (χ1n) is 9.89. The Morgan fingerprint density at radius 1 is 1.00 bits per heavy atom. The molecule has 8 nitrogen and oxygen atoms in total. The van der Waals surface area contributed by atoms with E-state index in [-0.39, 0.29) is 12.5 Å². The number of amides is 1. The van der Waals surface area contributed by atoms with Crippen LogP contribution < -0.4 is 11.1 Å². The van der Waals surface area contributed by atoms with Crippen molar-refractivity contribution in [1.82, 2.24) is 5.32 Å². The minimum Gasteiger partial charge on any atom is -0.479 e. The number of esters is 1. The van der Waals surface area contributed by atoms with Crippen LogP contribution in [0.25, 0.3) is 11.1 Å². The van der Waals surface area contributed by atoms with Crippen molar-refractivity contribution in [2.24, 2.45) is 5.73 Å². The number of fused-ring (bicyclic) bond motifs is 3. The van der Waals surface area contributed by atoms with E-state index in [4.69, 9.17) is 15.2 Å².